The van der Waals surface area contributed by atoms with Crippen LogP contribution in [-0.2, 0) is 13.0 Å². The molecule has 0 fully saturated rings. The largest absolute Gasteiger partial charge is 0.478 e. The van der Waals surface area contributed by atoms with Gasteiger partial charge in [-0.3, -0.25) is 14.3 Å². The summed E-state index contributed by atoms with van der Waals surface area (Å²) in [5, 5.41) is 9.47. The van der Waals surface area contributed by atoms with E-state index in [-0.39, 0.29) is 5.56 Å². The molecule has 0 saturated carbocycles. The van der Waals surface area contributed by atoms with Crippen LogP contribution in [0, 0.1) is 0 Å². The molecular weight excluding hydrogens is 296 g/mol. The number of aromatic amines is 1. The van der Waals surface area contributed by atoms with E-state index < -0.39 is 17.2 Å². The number of rotatable bonds is 4. The number of fused-ring (bicyclic) bond motifs is 1. The van der Waals surface area contributed by atoms with Crippen LogP contribution in [0.2, 0.25) is 0 Å². The zero-order chi connectivity index (χ0) is 16.4. The van der Waals surface area contributed by atoms with E-state index in [2.05, 4.69) is 4.98 Å². The topological polar surface area (TPSA) is 92.2 Å². The molecule has 0 bridgehead atoms. The van der Waals surface area contributed by atoms with Crippen LogP contribution in [0.1, 0.15) is 15.9 Å². The third kappa shape index (κ3) is 2.91. The molecule has 2 N–H and O–H groups in total. The molecule has 6 heteroatoms. The van der Waals surface area contributed by atoms with Gasteiger partial charge in [-0.05, 0) is 36.2 Å². The van der Waals surface area contributed by atoms with Gasteiger partial charge in [0.05, 0.1) is 16.5 Å². The first-order valence-electron chi connectivity index (χ1n) is 7.10. The maximum absolute atomic E-state index is 12.1. The van der Waals surface area contributed by atoms with Crippen molar-refractivity contribution in [1.82, 2.24) is 9.55 Å². The third-order valence-electron chi connectivity index (χ3n) is 3.70. The summed E-state index contributed by atoms with van der Waals surface area (Å²) in [6.45, 7) is 0.346. The second-order valence-corrected chi connectivity index (χ2v) is 5.18. The fourth-order valence-electron chi connectivity index (χ4n) is 2.57. The number of aromatic carboxylic acids is 1. The molecule has 0 radical (unpaired) electrons. The molecule has 116 valence electrons. The van der Waals surface area contributed by atoms with E-state index in [0.29, 0.717) is 23.9 Å². The SMILES string of the molecule is O=C(O)c1cccc(CCn2c(=O)[nH]c(=O)c3ccccc32)c1. The minimum absolute atomic E-state index is 0.209. The number of carboxylic acid groups (broad SMARTS) is 1. The van der Waals surface area contributed by atoms with Gasteiger partial charge >= 0.3 is 11.7 Å². The predicted molar refractivity (Wildman–Crippen MR) is 85.9 cm³/mol. The summed E-state index contributed by atoms with van der Waals surface area (Å²) >= 11 is 0. The summed E-state index contributed by atoms with van der Waals surface area (Å²) in [7, 11) is 0. The van der Waals surface area contributed by atoms with E-state index in [0.717, 1.165) is 5.56 Å². The lowest BCUT2D eigenvalue weighted by Crippen LogP contribution is -2.30. The standard InChI is InChI=1S/C17H14N2O4/c20-15-13-6-1-2-7-14(13)19(17(23)18-15)9-8-11-4-3-5-12(10-11)16(21)22/h1-7,10H,8-9H2,(H,21,22)(H,18,20,23). The van der Waals surface area contributed by atoms with E-state index in [1.165, 1.54) is 10.6 Å². The number of benzene rings is 2. The number of para-hydroxylation sites is 1. The van der Waals surface area contributed by atoms with Gasteiger partial charge in [-0.1, -0.05) is 24.3 Å². The highest BCUT2D eigenvalue weighted by atomic mass is 16.4. The van der Waals surface area contributed by atoms with Crippen molar-refractivity contribution in [2.45, 2.75) is 13.0 Å². The van der Waals surface area contributed by atoms with Gasteiger partial charge in [0.2, 0.25) is 0 Å². The lowest BCUT2D eigenvalue weighted by molar-refractivity contribution is 0.0696. The molecule has 3 aromatic rings. The van der Waals surface area contributed by atoms with Crippen LogP contribution < -0.4 is 11.2 Å². The van der Waals surface area contributed by atoms with E-state index in [1.807, 2.05) is 6.07 Å². The predicted octanol–water partition coefficient (Wildman–Crippen LogP) is 1.63. The van der Waals surface area contributed by atoms with Crippen LogP contribution in [0.5, 0.6) is 0 Å². The van der Waals surface area contributed by atoms with Crippen molar-refractivity contribution < 1.29 is 9.90 Å². The van der Waals surface area contributed by atoms with Crippen molar-refractivity contribution in [2.24, 2.45) is 0 Å². The number of carbonyl (C=O) groups is 1. The van der Waals surface area contributed by atoms with E-state index in [1.54, 1.807) is 36.4 Å². The van der Waals surface area contributed by atoms with Gasteiger partial charge < -0.3 is 5.11 Å². The van der Waals surface area contributed by atoms with Crippen molar-refractivity contribution in [3.8, 4) is 0 Å². The molecule has 0 amide bonds. The van der Waals surface area contributed by atoms with Gasteiger partial charge in [-0.25, -0.2) is 9.59 Å². The van der Waals surface area contributed by atoms with Crippen LogP contribution in [-0.4, -0.2) is 20.6 Å². The number of aryl methyl sites for hydroxylation is 2. The van der Waals surface area contributed by atoms with Crippen molar-refractivity contribution in [3.63, 3.8) is 0 Å². The summed E-state index contributed by atoms with van der Waals surface area (Å²) < 4.78 is 1.49. The number of nitrogens with zero attached hydrogens (tertiary/aromatic N) is 1. The monoisotopic (exact) mass is 310 g/mol. The Kier molecular flexibility index (Phi) is 3.80. The zero-order valence-corrected chi connectivity index (χ0v) is 12.2. The van der Waals surface area contributed by atoms with Crippen molar-refractivity contribution in [2.75, 3.05) is 0 Å². The van der Waals surface area contributed by atoms with Crippen LogP contribution >= 0.6 is 0 Å². The van der Waals surface area contributed by atoms with Gasteiger partial charge in [0.15, 0.2) is 0 Å². The van der Waals surface area contributed by atoms with Gasteiger partial charge in [-0.2, -0.15) is 0 Å². The summed E-state index contributed by atoms with van der Waals surface area (Å²) in [6.07, 6.45) is 0.483. The lowest BCUT2D eigenvalue weighted by atomic mass is 10.1. The van der Waals surface area contributed by atoms with Gasteiger partial charge in [0.25, 0.3) is 5.56 Å². The molecule has 0 aliphatic carbocycles. The van der Waals surface area contributed by atoms with Gasteiger partial charge in [0, 0.05) is 6.54 Å². The second kappa shape index (κ2) is 5.92. The maximum atomic E-state index is 12.1. The van der Waals surface area contributed by atoms with E-state index in [9.17, 15) is 14.4 Å². The number of H-pyrrole nitrogens is 1. The Hall–Kier alpha value is -3.15. The summed E-state index contributed by atoms with van der Waals surface area (Å²) in [5.41, 5.74) is 0.710. The third-order valence-corrected chi connectivity index (χ3v) is 3.70. The van der Waals surface area contributed by atoms with Crippen LogP contribution in [0.25, 0.3) is 10.9 Å². The summed E-state index contributed by atoms with van der Waals surface area (Å²) in [5.74, 6) is -0.987. The molecule has 0 unspecified atom stereocenters. The highest BCUT2D eigenvalue weighted by molar-refractivity contribution is 5.87. The minimum Gasteiger partial charge on any atom is -0.478 e. The molecule has 0 aliphatic heterocycles. The molecule has 0 spiro atoms. The molecule has 1 heterocycles. The normalized spacial score (nSPS) is 10.8. The highest BCUT2D eigenvalue weighted by Gasteiger charge is 2.08. The molecule has 0 saturated heterocycles. The Morgan fingerprint density at radius 3 is 2.65 bits per heavy atom. The van der Waals surface area contributed by atoms with Gasteiger partial charge in [-0.15, -0.1) is 0 Å². The Bertz CT molecular complexity index is 1000. The number of hydrogen-bond donors (Lipinski definition) is 2. The van der Waals surface area contributed by atoms with Crippen molar-refractivity contribution in [1.29, 1.82) is 0 Å². The number of hydrogen-bond acceptors (Lipinski definition) is 3. The maximum Gasteiger partial charge on any atom is 0.335 e. The van der Waals surface area contributed by atoms with Crippen LogP contribution in [0.15, 0.2) is 58.1 Å². The second-order valence-electron chi connectivity index (χ2n) is 5.18. The van der Waals surface area contributed by atoms with Crippen LogP contribution in [0.4, 0.5) is 0 Å². The average Bonchev–Trinajstić information content (AvgIpc) is 2.55. The molecule has 3 rings (SSSR count). The Morgan fingerprint density at radius 1 is 1.09 bits per heavy atom. The molecule has 6 nitrogen and oxygen atoms in total. The van der Waals surface area contributed by atoms with Crippen molar-refractivity contribution in [3.05, 3.63) is 80.5 Å². The lowest BCUT2D eigenvalue weighted by Gasteiger charge is -2.09. The molecule has 0 aliphatic rings. The first-order chi connectivity index (χ1) is 11.1. The Balaban J connectivity index is 1.97. The number of carboxylic acids is 1. The van der Waals surface area contributed by atoms with Gasteiger partial charge in [0.1, 0.15) is 0 Å². The number of aromatic nitrogens is 2. The fraction of sp³-hybridized carbons (Fsp3) is 0.118. The van der Waals surface area contributed by atoms with E-state index in [4.69, 9.17) is 5.11 Å². The first kappa shape index (κ1) is 14.8. The molecular formula is C17H14N2O4. The van der Waals surface area contributed by atoms with Crippen molar-refractivity contribution >= 4 is 16.9 Å². The Morgan fingerprint density at radius 2 is 1.87 bits per heavy atom. The zero-order valence-electron chi connectivity index (χ0n) is 12.2. The van der Waals surface area contributed by atoms with E-state index >= 15 is 0 Å². The minimum atomic E-state index is -0.987. The molecule has 23 heavy (non-hydrogen) atoms. The first-order valence-corrected chi connectivity index (χ1v) is 7.10. The Labute approximate surface area is 130 Å². The number of nitrogens with one attached hydrogen (secondary N) is 1. The quantitative estimate of drug-likeness (QED) is 0.766. The molecule has 0 atom stereocenters. The fourth-order valence-corrected chi connectivity index (χ4v) is 2.57. The summed E-state index contributed by atoms with van der Waals surface area (Å²) in [6, 6.07) is 13.5. The average molecular weight is 310 g/mol. The molecule has 1 aromatic heterocycles. The highest BCUT2D eigenvalue weighted by Crippen LogP contribution is 2.10. The molecule has 2 aromatic carbocycles. The smallest absolute Gasteiger partial charge is 0.335 e. The summed E-state index contributed by atoms with van der Waals surface area (Å²) in [4.78, 5) is 37.2. The van der Waals surface area contributed by atoms with Crippen LogP contribution in [0.3, 0.4) is 0 Å².